The van der Waals surface area contributed by atoms with E-state index in [0.29, 0.717) is 0 Å². The quantitative estimate of drug-likeness (QED) is 0.214. The Morgan fingerprint density at radius 3 is 1.47 bits per heavy atom. The average molecular weight is 608 g/mol. The van der Waals surface area contributed by atoms with Gasteiger partial charge in [0.2, 0.25) is 0 Å². The molecule has 0 bridgehead atoms. The van der Waals surface area contributed by atoms with Crippen LogP contribution in [0.4, 0.5) is 0 Å². The van der Waals surface area contributed by atoms with Gasteiger partial charge >= 0.3 is 79.4 Å². The van der Waals surface area contributed by atoms with Gasteiger partial charge in [-0.15, -0.1) is 0 Å². The fourth-order valence-corrected chi connectivity index (χ4v) is 6.34. The number of aromatic amines is 1. The summed E-state index contributed by atoms with van der Waals surface area (Å²) in [5.41, 5.74) is 2.13. The molecule has 0 atom stereocenters. The molecular weight excluding hydrogens is 588 g/mol. The number of para-hydroxylation sites is 2. The number of aromatic nitrogens is 2. The topological polar surface area (TPSA) is 28.7 Å². The van der Waals surface area contributed by atoms with E-state index in [1.54, 1.807) is 9.23 Å². The third kappa shape index (κ3) is 5.31. The number of benzene rings is 4. The van der Waals surface area contributed by atoms with Gasteiger partial charge in [0.05, 0.1) is 0 Å². The molecule has 30 heavy (non-hydrogen) atoms. The summed E-state index contributed by atoms with van der Waals surface area (Å²) in [5.74, 6) is 0. The summed E-state index contributed by atoms with van der Waals surface area (Å²) in [7, 11) is 1.13. The predicted octanol–water partition coefficient (Wildman–Crippen LogP) is 5.56. The van der Waals surface area contributed by atoms with Gasteiger partial charge < -0.3 is 0 Å². The van der Waals surface area contributed by atoms with Gasteiger partial charge in [0.25, 0.3) is 0 Å². The van der Waals surface area contributed by atoms with E-state index in [1.165, 1.54) is 15.9 Å². The summed E-state index contributed by atoms with van der Waals surface area (Å²) < 4.78 is 0. The van der Waals surface area contributed by atoms with Gasteiger partial charge in [0.15, 0.2) is 0 Å². The standard InChI is InChI=1S/C18H15P.C7H6N2S.Au/c1-4-10-16(11-5-1)19(17-12-6-2-7-13-17)18-14-8-3-9-15-18;10-7-8-5-3-1-2-4-6(5)9-7;/h1-15H;1-4H,(H2,8,9,10);/q;;+1/p-1. The molecule has 1 aromatic heterocycles. The zero-order valence-electron chi connectivity index (χ0n) is 16.1. The molecule has 0 aliphatic heterocycles. The monoisotopic (exact) mass is 608 g/mol. The first kappa shape index (κ1) is 21.1. The zero-order valence-corrected chi connectivity index (χ0v) is 20.0. The Labute approximate surface area is 193 Å². The fraction of sp³-hybridized carbons (Fsp3) is 0. The van der Waals surface area contributed by atoms with Crippen LogP contribution in [0.15, 0.2) is 120 Å². The Bertz CT molecular complexity index is 1050. The number of nitrogens with one attached hydrogen (secondary N) is 1. The van der Waals surface area contributed by atoms with E-state index < -0.39 is 7.92 Å². The van der Waals surface area contributed by atoms with Crippen LogP contribution in [0.5, 0.6) is 0 Å². The number of hydrogen-bond acceptors (Lipinski definition) is 2. The third-order valence-electron chi connectivity index (χ3n) is 4.47. The van der Waals surface area contributed by atoms with E-state index in [4.69, 9.17) is 0 Å². The van der Waals surface area contributed by atoms with E-state index in [-0.39, 0.29) is 0 Å². The normalized spacial score (nSPS) is 10.6. The van der Waals surface area contributed by atoms with Crippen molar-refractivity contribution >= 4 is 44.1 Å². The summed E-state index contributed by atoms with van der Waals surface area (Å²) in [6.07, 6.45) is 0. The molecule has 0 unspecified atom stereocenters. The Balaban J connectivity index is 0.000000168. The van der Waals surface area contributed by atoms with E-state index in [0.717, 1.165) is 16.2 Å². The second-order valence-corrected chi connectivity index (χ2v) is 10.5. The Kier molecular flexibility index (Phi) is 7.58. The minimum absolute atomic E-state index is 0.446. The number of rotatable bonds is 4. The molecule has 0 spiro atoms. The summed E-state index contributed by atoms with van der Waals surface area (Å²) in [6, 6.07) is 40.3. The molecule has 1 heterocycles. The summed E-state index contributed by atoms with van der Waals surface area (Å²) >= 11 is 2.38. The number of imidazole rings is 1. The summed E-state index contributed by atoms with van der Waals surface area (Å²) in [4.78, 5) is 7.51. The average Bonchev–Trinajstić information content (AvgIpc) is 3.25. The minimum Gasteiger partial charge on any atom is -0.0622 e. The van der Waals surface area contributed by atoms with Gasteiger partial charge in [-0.25, -0.2) is 0 Å². The molecule has 0 aliphatic rings. The van der Waals surface area contributed by atoms with Crippen LogP contribution in [0.2, 0.25) is 0 Å². The molecule has 1 N–H and O–H groups in total. The second kappa shape index (κ2) is 10.8. The van der Waals surface area contributed by atoms with Crippen molar-refractivity contribution in [1.82, 2.24) is 9.97 Å². The van der Waals surface area contributed by atoms with E-state index in [1.807, 2.05) is 24.3 Å². The number of nitrogens with zero attached hydrogens (tertiary/aromatic N) is 1. The van der Waals surface area contributed by atoms with Crippen LogP contribution < -0.4 is 15.9 Å². The molecule has 0 radical (unpaired) electrons. The maximum absolute atomic E-state index is 4.32. The van der Waals surface area contributed by atoms with Crippen molar-refractivity contribution in [3.63, 3.8) is 0 Å². The summed E-state index contributed by atoms with van der Waals surface area (Å²) in [6.45, 7) is 0. The maximum atomic E-state index is 4.32. The molecule has 5 rings (SSSR count). The number of hydrogen-bond donors (Lipinski definition) is 1. The minimum atomic E-state index is -0.446. The van der Waals surface area contributed by atoms with Gasteiger partial charge in [-0.3, -0.25) is 0 Å². The first-order chi connectivity index (χ1) is 14.8. The van der Waals surface area contributed by atoms with Crippen molar-refractivity contribution in [2.24, 2.45) is 0 Å². The van der Waals surface area contributed by atoms with Crippen LogP contribution in [-0.2, 0) is 19.7 Å². The van der Waals surface area contributed by atoms with Crippen molar-refractivity contribution < 1.29 is 19.7 Å². The molecule has 0 amide bonds. The molecule has 5 aromatic rings. The van der Waals surface area contributed by atoms with Crippen molar-refractivity contribution in [1.29, 1.82) is 0 Å². The Hall–Kier alpha value is -2.13. The maximum Gasteiger partial charge on any atom is -0.0134 e. The van der Waals surface area contributed by atoms with Gasteiger partial charge in [-0.1, -0.05) is 91.0 Å². The van der Waals surface area contributed by atoms with Crippen molar-refractivity contribution in [3.8, 4) is 0 Å². The van der Waals surface area contributed by atoms with Crippen LogP contribution in [0.1, 0.15) is 0 Å². The van der Waals surface area contributed by atoms with Crippen LogP contribution in [0.25, 0.3) is 11.0 Å². The molecular formula is C25H20AuN2PS. The molecule has 0 fully saturated rings. The largest absolute Gasteiger partial charge is 0.0622 e. The molecule has 0 saturated carbocycles. The molecule has 0 aliphatic carbocycles. The van der Waals surface area contributed by atoms with Crippen molar-refractivity contribution in [3.05, 3.63) is 115 Å². The van der Waals surface area contributed by atoms with Crippen molar-refractivity contribution in [2.45, 2.75) is 5.16 Å². The zero-order chi connectivity index (χ0) is 20.6. The van der Waals surface area contributed by atoms with E-state index in [2.05, 4.69) is 121 Å². The third-order valence-corrected chi connectivity index (χ3v) is 8.48. The van der Waals surface area contributed by atoms with Gasteiger partial charge in [-0.05, 0) is 23.8 Å². The smallest absolute Gasteiger partial charge is 0.0134 e. The van der Waals surface area contributed by atoms with Gasteiger partial charge in [0, 0.05) is 0 Å². The molecule has 2 nitrogen and oxygen atoms in total. The van der Waals surface area contributed by atoms with Gasteiger partial charge in [-0.2, -0.15) is 0 Å². The Morgan fingerprint density at radius 1 is 0.600 bits per heavy atom. The second-order valence-electron chi connectivity index (χ2n) is 6.46. The van der Waals surface area contributed by atoms with Crippen LogP contribution >= 0.6 is 17.1 Å². The Morgan fingerprint density at radius 2 is 1.03 bits per heavy atom. The fourth-order valence-electron chi connectivity index (χ4n) is 3.14. The van der Waals surface area contributed by atoms with Crippen LogP contribution in [0, 0.1) is 0 Å². The number of H-pyrrole nitrogens is 1. The first-order valence-electron chi connectivity index (χ1n) is 9.50. The van der Waals surface area contributed by atoms with E-state index >= 15 is 0 Å². The van der Waals surface area contributed by atoms with E-state index in [9.17, 15) is 0 Å². The summed E-state index contributed by atoms with van der Waals surface area (Å²) in [5, 5.41) is 5.15. The number of fused-ring (bicyclic) bond motifs is 1. The van der Waals surface area contributed by atoms with Gasteiger partial charge in [0.1, 0.15) is 0 Å². The first-order valence-corrected chi connectivity index (χ1v) is 14.2. The van der Waals surface area contributed by atoms with Crippen LogP contribution in [-0.4, -0.2) is 9.97 Å². The van der Waals surface area contributed by atoms with Crippen LogP contribution in [0.3, 0.4) is 0 Å². The molecule has 5 heteroatoms. The molecule has 152 valence electrons. The molecule has 4 aromatic carbocycles. The SMILES string of the molecule is [Au][S]c1nc2ccccc2[nH]1.c1ccc(P(c2ccccc2)c2ccccc2)cc1. The van der Waals surface area contributed by atoms with Crippen molar-refractivity contribution in [2.75, 3.05) is 0 Å². The molecule has 0 saturated heterocycles. The predicted molar refractivity (Wildman–Crippen MR) is 127 cm³/mol.